The summed E-state index contributed by atoms with van der Waals surface area (Å²) in [6.45, 7) is 0.678. The maximum absolute atomic E-state index is 12.3. The Hall–Kier alpha value is -3.42. The lowest BCUT2D eigenvalue weighted by atomic mass is 10.1. The molecule has 0 aliphatic heterocycles. The molecule has 1 aliphatic rings. The third kappa shape index (κ3) is 5.20. The van der Waals surface area contributed by atoms with Gasteiger partial charge in [0.2, 0.25) is 17.6 Å². The lowest BCUT2D eigenvalue weighted by Gasteiger charge is -2.04. The normalized spacial score (nSPS) is 17.3. The molecule has 1 fully saturated rings. The van der Waals surface area contributed by atoms with Crippen molar-refractivity contribution in [1.82, 2.24) is 20.4 Å². The lowest BCUT2D eigenvalue weighted by Crippen LogP contribution is -2.26. The molecule has 31 heavy (non-hydrogen) atoms. The van der Waals surface area contributed by atoms with E-state index in [0.717, 1.165) is 36.8 Å². The van der Waals surface area contributed by atoms with Crippen LogP contribution >= 0.6 is 0 Å². The van der Waals surface area contributed by atoms with Gasteiger partial charge in [0.05, 0.1) is 7.11 Å². The summed E-state index contributed by atoms with van der Waals surface area (Å²) in [4.78, 5) is 20.8. The van der Waals surface area contributed by atoms with Crippen LogP contribution in [0.2, 0.25) is 0 Å². The van der Waals surface area contributed by atoms with E-state index in [4.69, 9.17) is 9.26 Å². The fraction of sp³-hybridized carbons (Fsp3) is 0.391. The molecule has 0 bridgehead atoms. The molecule has 2 heterocycles. The number of amides is 1. The topological polar surface area (TPSA) is 110 Å². The van der Waals surface area contributed by atoms with E-state index in [2.05, 4.69) is 20.4 Å². The van der Waals surface area contributed by atoms with Crippen LogP contribution in [0.5, 0.6) is 11.5 Å². The van der Waals surface area contributed by atoms with E-state index in [9.17, 15) is 9.90 Å². The van der Waals surface area contributed by atoms with Crippen LogP contribution in [0.1, 0.15) is 43.1 Å². The Morgan fingerprint density at radius 3 is 3.00 bits per heavy atom. The van der Waals surface area contributed by atoms with Gasteiger partial charge in [-0.1, -0.05) is 17.6 Å². The van der Waals surface area contributed by atoms with E-state index in [1.54, 1.807) is 24.4 Å². The number of rotatable bonds is 10. The average molecular weight is 422 g/mol. The molecule has 1 aromatic carbocycles. The molecule has 1 amide bonds. The van der Waals surface area contributed by atoms with Crippen molar-refractivity contribution in [2.75, 3.05) is 13.7 Å². The fourth-order valence-corrected chi connectivity index (χ4v) is 3.66. The van der Waals surface area contributed by atoms with Crippen LogP contribution in [0, 0.1) is 5.92 Å². The van der Waals surface area contributed by atoms with Crippen LogP contribution in [-0.4, -0.2) is 39.8 Å². The van der Waals surface area contributed by atoms with Gasteiger partial charge in [0.25, 0.3) is 0 Å². The summed E-state index contributed by atoms with van der Waals surface area (Å²) in [7, 11) is 1.49. The number of methoxy groups -OCH3 is 1. The minimum absolute atomic E-state index is 0.0661. The Kier molecular flexibility index (Phi) is 6.45. The Morgan fingerprint density at radius 2 is 2.19 bits per heavy atom. The van der Waals surface area contributed by atoms with Crippen molar-refractivity contribution >= 4 is 5.91 Å². The minimum atomic E-state index is 0.0661. The summed E-state index contributed by atoms with van der Waals surface area (Å²) < 4.78 is 10.4. The number of carbonyl (C=O) groups excluding carboxylic acids is 1. The van der Waals surface area contributed by atoms with Gasteiger partial charge in [0.15, 0.2) is 11.5 Å². The molecule has 2 unspecified atom stereocenters. The molecule has 0 spiro atoms. The highest BCUT2D eigenvalue weighted by atomic mass is 16.5. The molecule has 2 N–H and O–H groups in total. The number of hydrogen-bond acceptors (Lipinski definition) is 7. The molecule has 2 atom stereocenters. The molecule has 0 saturated heterocycles. The van der Waals surface area contributed by atoms with Gasteiger partial charge in [-0.3, -0.25) is 9.78 Å². The third-order valence-corrected chi connectivity index (χ3v) is 5.51. The van der Waals surface area contributed by atoms with E-state index in [1.165, 1.54) is 7.11 Å². The van der Waals surface area contributed by atoms with E-state index in [1.807, 2.05) is 18.3 Å². The van der Waals surface area contributed by atoms with Crippen LogP contribution in [-0.2, 0) is 11.2 Å². The first kappa shape index (κ1) is 20.8. The Bertz CT molecular complexity index is 1020. The predicted molar refractivity (Wildman–Crippen MR) is 114 cm³/mol. The number of unbranched alkanes of at least 4 members (excludes halogenated alkanes) is 2. The summed E-state index contributed by atoms with van der Waals surface area (Å²) in [5.74, 6) is 2.00. The second-order valence-corrected chi connectivity index (χ2v) is 7.74. The molecular formula is C23H26N4O4. The van der Waals surface area contributed by atoms with Gasteiger partial charge in [-0.05, 0) is 55.0 Å². The number of phenols is 1. The van der Waals surface area contributed by atoms with Crippen molar-refractivity contribution in [2.24, 2.45) is 5.92 Å². The molecule has 1 saturated carbocycles. The Balaban J connectivity index is 1.14. The van der Waals surface area contributed by atoms with Gasteiger partial charge in [-0.15, -0.1) is 0 Å². The largest absolute Gasteiger partial charge is 0.504 e. The molecule has 8 nitrogen and oxygen atoms in total. The van der Waals surface area contributed by atoms with E-state index >= 15 is 0 Å². The number of aryl methyl sites for hydroxylation is 1. The van der Waals surface area contributed by atoms with Crippen molar-refractivity contribution in [3.63, 3.8) is 0 Å². The molecule has 3 aromatic rings. The number of aromatic hydroxyl groups is 1. The second kappa shape index (κ2) is 9.59. The van der Waals surface area contributed by atoms with E-state index in [-0.39, 0.29) is 17.6 Å². The highest BCUT2D eigenvalue weighted by Gasteiger charge is 2.43. The van der Waals surface area contributed by atoms with Crippen molar-refractivity contribution < 1.29 is 19.2 Å². The quantitative estimate of drug-likeness (QED) is 0.481. The maximum Gasteiger partial charge on any atom is 0.226 e. The molecule has 1 aliphatic carbocycles. The molecule has 0 radical (unpaired) electrons. The third-order valence-electron chi connectivity index (χ3n) is 5.51. The van der Waals surface area contributed by atoms with Gasteiger partial charge in [0.1, 0.15) is 0 Å². The molecule has 4 rings (SSSR count). The van der Waals surface area contributed by atoms with Crippen molar-refractivity contribution in [2.45, 2.75) is 38.0 Å². The molecular weight excluding hydrogens is 396 g/mol. The standard InChI is InChI=1S/C23H26N4O4/c1-30-20-12-15(8-9-19(20)28)22-26-21(31-27-22)7-3-2-4-11-25-23(29)18-13-17(18)16-6-5-10-24-14-16/h5-6,8-10,12,14,17-18,28H,2-4,7,11,13H2,1H3,(H,25,29). The summed E-state index contributed by atoms with van der Waals surface area (Å²) in [5.41, 5.74) is 1.87. The predicted octanol–water partition coefficient (Wildman–Crippen LogP) is 3.48. The number of hydrogen-bond donors (Lipinski definition) is 2. The number of phenolic OH excluding ortho intramolecular Hbond substituents is 1. The summed E-state index contributed by atoms with van der Waals surface area (Å²) in [5, 5.41) is 16.7. The second-order valence-electron chi connectivity index (χ2n) is 7.74. The zero-order chi connectivity index (χ0) is 21.6. The van der Waals surface area contributed by atoms with Gasteiger partial charge in [0, 0.05) is 36.8 Å². The monoisotopic (exact) mass is 422 g/mol. The molecule has 2 aromatic heterocycles. The highest BCUT2D eigenvalue weighted by molar-refractivity contribution is 5.82. The van der Waals surface area contributed by atoms with Gasteiger partial charge in [-0.2, -0.15) is 4.98 Å². The number of ether oxygens (including phenoxy) is 1. The van der Waals surface area contributed by atoms with Crippen LogP contribution in [0.4, 0.5) is 0 Å². The van der Waals surface area contributed by atoms with Crippen LogP contribution in [0.25, 0.3) is 11.4 Å². The zero-order valence-electron chi connectivity index (χ0n) is 17.5. The summed E-state index contributed by atoms with van der Waals surface area (Å²) in [6.07, 6.45) is 7.96. The molecule has 162 valence electrons. The number of carbonyl (C=O) groups is 1. The van der Waals surface area contributed by atoms with Crippen molar-refractivity contribution in [3.05, 3.63) is 54.2 Å². The average Bonchev–Trinajstić information content (AvgIpc) is 3.47. The number of nitrogens with zero attached hydrogens (tertiary/aromatic N) is 3. The number of nitrogens with one attached hydrogen (secondary N) is 1. The number of benzene rings is 1. The van der Waals surface area contributed by atoms with Crippen LogP contribution < -0.4 is 10.1 Å². The maximum atomic E-state index is 12.3. The summed E-state index contributed by atoms with van der Waals surface area (Å²) in [6, 6.07) is 8.88. The molecule has 8 heteroatoms. The van der Waals surface area contributed by atoms with Crippen LogP contribution in [0.15, 0.2) is 47.2 Å². The number of aromatic nitrogens is 3. The lowest BCUT2D eigenvalue weighted by molar-refractivity contribution is -0.122. The Labute approximate surface area is 180 Å². The van der Waals surface area contributed by atoms with E-state index in [0.29, 0.717) is 36.3 Å². The van der Waals surface area contributed by atoms with E-state index < -0.39 is 0 Å². The van der Waals surface area contributed by atoms with Crippen molar-refractivity contribution in [3.8, 4) is 22.9 Å². The van der Waals surface area contributed by atoms with Crippen LogP contribution in [0.3, 0.4) is 0 Å². The smallest absolute Gasteiger partial charge is 0.226 e. The van der Waals surface area contributed by atoms with Gasteiger partial charge >= 0.3 is 0 Å². The first-order valence-corrected chi connectivity index (χ1v) is 10.5. The van der Waals surface area contributed by atoms with Gasteiger partial charge in [-0.25, -0.2) is 0 Å². The SMILES string of the molecule is COc1cc(-c2noc(CCCCCNC(=O)C3CC3c3cccnc3)n2)ccc1O. The van der Waals surface area contributed by atoms with Crippen molar-refractivity contribution in [1.29, 1.82) is 0 Å². The fourth-order valence-electron chi connectivity index (χ4n) is 3.66. The summed E-state index contributed by atoms with van der Waals surface area (Å²) >= 11 is 0. The highest BCUT2D eigenvalue weighted by Crippen LogP contribution is 2.47. The minimum Gasteiger partial charge on any atom is -0.504 e. The first-order valence-electron chi connectivity index (χ1n) is 10.5. The first-order chi connectivity index (χ1) is 15.2. The Morgan fingerprint density at radius 1 is 1.29 bits per heavy atom. The van der Waals surface area contributed by atoms with Gasteiger partial charge < -0.3 is 19.7 Å². The number of pyridine rings is 1. The zero-order valence-corrected chi connectivity index (χ0v) is 17.5.